The Kier molecular flexibility index (Phi) is 9.52. The van der Waals surface area contributed by atoms with Gasteiger partial charge in [0.15, 0.2) is 11.5 Å². The maximum Gasteiger partial charge on any atom is 0.161 e. The van der Waals surface area contributed by atoms with Gasteiger partial charge < -0.3 is 24.6 Å². The van der Waals surface area contributed by atoms with Crippen molar-refractivity contribution >= 4 is 0 Å². The minimum Gasteiger partial charge on any atom is -0.493 e. The fourth-order valence-corrected chi connectivity index (χ4v) is 4.22. The SMILES string of the molecule is COc1ccc(CN(C)CCCC(C#N)(c2ccc(CO)c(CO)c2)C(C)C)cc1OC. The largest absolute Gasteiger partial charge is 0.493 e. The van der Waals surface area contributed by atoms with E-state index in [1.165, 1.54) is 0 Å². The van der Waals surface area contributed by atoms with Crippen LogP contribution in [0, 0.1) is 17.2 Å². The molecule has 0 aliphatic rings. The van der Waals surface area contributed by atoms with E-state index in [2.05, 4.69) is 31.9 Å². The van der Waals surface area contributed by atoms with Gasteiger partial charge in [0.25, 0.3) is 0 Å². The molecule has 0 saturated heterocycles. The summed E-state index contributed by atoms with van der Waals surface area (Å²) in [4.78, 5) is 2.23. The molecule has 174 valence electrons. The van der Waals surface area contributed by atoms with E-state index in [1.54, 1.807) is 14.2 Å². The topological polar surface area (TPSA) is 86.0 Å². The number of nitrogens with zero attached hydrogens (tertiary/aromatic N) is 2. The van der Waals surface area contributed by atoms with E-state index < -0.39 is 5.41 Å². The number of methoxy groups -OCH3 is 2. The Morgan fingerprint density at radius 1 is 1.00 bits per heavy atom. The molecule has 2 aromatic rings. The van der Waals surface area contributed by atoms with Crippen LogP contribution in [0.3, 0.4) is 0 Å². The van der Waals surface area contributed by atoms with E-state index >= 15 is 0 Å². The van der Waals surface area contributed by atoms with Gasteiger partial charge in [0.1, 0.15) is 0 Å². The minimum absolute atomic E-state index is 0.107. The molecular formula is C26H36N2O4. The maximum atomic E-state index is 10.2. The first kappa shape index (κ1) is 25.7. The second-order valence-corrected chi connectivity index (χ2v) is 8.57. The zero-order valence-electron chi connectivity index (χ0n) is 19.9. The molecule has 0 saturated carbocycles. The van der Waals surface area contributed by atoms with Crippen molar-refractivity contribution in [3.63, 3.8) is 0 Å². The summed E-state index contributed by atoms with van der Waals surface area (Å²) in [6, 6.07) is 14.1. The molecule has 2 N–H and O–H groups in total. The van der Waals surface area contributed by atoms with Gasteiger partial charge in [-0.2, -0.15) is 5.26 Å². The molecule has 1 atom stereocenters. The summed E-state index contributed by atoms with van der Waals surface area (Å²) < 4.78 is 10.7. The van der Waals surface area contributed by atoms with Crippen LogP contribution in [0.4, 0.5) is 0 Å². The Balaban J connectivity index is 2.11. The second-order valence-electron chi connectivity index (χ2n) is 8.57. The lowest BCUT2D eigenvalue weighted by Gasteiger charge is -2.33. The Morgan fingerprint density at radius 3 is 2.25 bits per heavy atom. The van der Waals surface area contributed by atoms with Gasteiger partial charge >= 0.3 is 0 Å². The molecule has 1 unspecified atom stereocenters. The molecule has 0 heterocycles. The van der Waals surface area contributed by atoms with Crippen LogP contribution in [-0.4, -0.2) is 42.9 Å². The van der Waals surface area contributed by atoms with Crippen LogP contribution in [0.1, 0.15) is 48.9 Å². The molecule has 0 radical (unpaired) electrons. The summed E-state index contributed by atoms with van der Waals surface area (Å²) in [6.07, 6.45) is 1.56. The van der Waals surface area contributed by atoms with Gasteiger partial charge in [0, 0.05) is 6.54 Å². The van der Waals surface area contributed by atoms with Crippen LogP contribution in [0.2, 0.25) is 0 Å². The van der Waals surface area contributed by atoms with E-state index in [-0.39, 0.29) is 19.1 Å². The highest BCUT2D eigenvalue weighted by Crippen LogP contribution is 2.37. The fourth-order valence-electron chi connectivity index (χ4n) is 4.22. The first-order valence-electron chi connectivity index (χ1n) is 11.0. The van der Waals surface area contributed by atoms with E-state index in [0.29, 0.717) is 29.0 Å². The molecule has 0 spiro atoms. The molecule has 6 heteroatoms. The molecule has 0 fully saturated rings. The number of hydrogen-bond donors (Lipinski definition) is 2. The van der Waals surface area contributed by atoms with E-state index in [1.807, 2.05) is 36.4 Å². The first-order valence-corrected chi connectivity index (χ1v) is 11.0. The van der Waals surface area contributed by atoms with Crippen LogP contribution < -0.4 is 9.47 Å². The van der Waals surface area contributed by atoms with Crippen molar-refractivity contribution < 1.29 is 19.7 Å². The molecular weight excluding hydrogens is 404 g/mol. The van der Waals surface area contributed by atoms with Crippen molar-refractivity contribution in [2.75, 3.05) is 27.8 Å². The number of aliphatic hydroxyl groups excluding tert-OH is 2. The molecule has 0 aliphatic carbocycles. The molecule has 0 aromatic heterocycles. The highest BCUT2D eigenvalue weighted by molar-refractivity contribution is 5.43. The minimum atomic E-state index is -0.651. The predicted molar refractivity (Wildman–Crippen MR) is 126 cm³/mol. The Labute approximate surface area is 192 Å². The number of nitriles is 1. The van der Waals surface area contributed by atoms with Gasteiger partial charge in [0.05, 0.1) is 38.9 Å². The third kappa shape index (κ3) is 5.80. The summed E-state index contributed by atoms with van der Waals surface area (Å²) in [7, 11) is 5.33. The van der Waals surface area contributed by atoms with Crippen molar-refractivity contribution in [3.05, 3.63) is 58.7 Å². The van der Waals surface area contributed by atoms with Crippen molar-refractivity contribution in [1.82, 2.24) is 4.90 Å². The van der Waals surface area contributed by atoms with Crippen LogP contribution in [0.15, 0.2) is 36.4 Å². The standard InChI is InChI=1S/C26H36N2O4/c1-19(2)26(18-27,23-9-8-21(16-29)22(14-23)17-30)11-6-12-28(3)15-20-7-10-24(31-4)25(13-20)32-5/h7-10,13-14,19,29-30H,6,11-12,15-17H2,1-5H3. The Hall–Kier alpha value is -2.59. The molecule has 0 amide bonds. The summed E-state index contributed by atoms with van der Waals surface area (Å²) in [5.41, 5.74) is 2.76. The summed E-state index contributed by atoms with van der Waals surface area (Å²) in [6.45, 7) is 5.45. The van der Waals surface area contributed by atoms with Crippen LogP contribution in [0.5, 0.6) is 11.5 Å². The predicted octanol–water partition coefficient (Wildman–Crippen LogP) is 4.02. The summed E-state index contributed by atoms with van der Waals surface area (Å²) >= 11 is 0. The third-order valence-electron chi connectivity index (χ3n) is 6.26. The lowest BCUT2D eigenvalue weighted by Crippen LogP contribution is -2.32. The van der Waals surface area contributed by atoms with Crippen LogP contribution >= 0.6 is 0 Å². The van der Waals surface area contributed by atoms with Gasteiger partial charge in [-0.3, -0.25) is 0 Å². The lowest BCUT2D eigenvalue weighted by atomic mass is 9.69. The smallest absolute Gasteiger partial charge is 0.161 e. The monoisotopic (exact) mass is 440 g/mol. The van der Waals surface area contributed by atoms with Crippen molar-refractivity contribution in [1.29, 1.82) is 5.26 Å². The highest BCUT2D eigenvalue weighted by Gasteiger charge is 2.36. The normalized spacial score (nSPS) is 13.1. The van der Waals surface area contributed by atoms with Gasteiger partial charge in [-0.05, 0) is 66.7 Å². The maximum absolute atomic E-state index is 10.2. The zero-order valence-corrected chi connectivity index (χ0v) is 19.9. The van der Waals surface area contributed by atoms with Gasteiger partial charge in [0.2, 0.25) is 0 Å². The fraction of sp³-hybridized carbons (Fsp3) is 0.500. The Morgan fingerprint density at radius 2 is 1.69 bits per heavy atom. The van der Waals surface area contributed by atoms with Gasteiger partial charge in [-0.1, -0.05) is 38.1 Å². The average molecular weight is 441 g/mol. The molecule has 2 aromatic carbocycles. The number of hydrogen-bond acceptors (Lipinski definition) is 6. The van der Waals surface area contributed by atoms with E-state index in [0.717, 1.165) is 30.6 Å². The number of aliphatic hydroxyl groups is 2. The molecule has 0 bridgehead atoms. The van der Waals surface area contributed by atoms with Gasteiger partial charge in [-0.15, -0.1) is 0 Å². The number of benzene rings is 2. The van der Waals surface area contributed by atoms with Crippen LogP contribution in [-0.2, 0) is 25.2 Å². The van der Waals surface area contributed by atoms with Crippen molar-refractivity contribution in [2.45, 2.75) is 51.9 Å². The van der Waals surface area contributed by atoms with Crippen molar-refractivity contribution in [3.8, 4) is 17.6 Å². The Bertz CT molecular complexity index is 923. The molecule has 32 heavy (non-hydrogen) atoms. The number of rotatable bonds is 12. The summed E-state index contributed by atoms with van der Waals surface area (Å²) in [5, 5.41) is 29.4. The van der Waals surface area contributed by atoms with E-state index in [4.69, 9.17) is 9.47 Å². The van der Waals surface area contributed by atoms with Gasteiger partial charge in [-0.25, -0.2) is 0 Å². The molecule has 2 rings (SSSR count). The number of ether oxygens (including phenoxy) is 2. The first-order chi connectivity index (χ1) is 15.3. The lowest BCUT2D eigenvalue weighted by molar-refractivity contribution is 0.258. The van der Waals surface area contributed by atoms with Crippen LogP contribution in [0.25, 0.3) is 0 Å². The quantitative estimate of drug-likeness (QED) is 0.519. The summed E-state index contributed by atoms with van der Waals surface area (Å²) in [5.74, 6) is 1.53. The van der Waals surface area contributed by atoms with Crippen molar-refractivity contribution in [2.24, 2.45) is 5.92 Å². The zero-order chi connectivity index (χ0) is 23.7. The average Bonchev–Trinajstić information content (AvgIpc) is 2.81. The second kappa shape index (κ2) is 11.9. The highest BCUT2D eigenvalue weighted by atomic mass is 16.5. The van der Waals surface area contributed by atoms with E-state index in [9.17, 15) is 15.5 Å². The third-order valence-corrected chi connectivity index (χ3v) is 6.26. The molecule has 6 nitrogen and oxygen atoms in total. The molecule has 0 aliphatic heterocycles.